The Bertz CT molecular complexity index is 1990. The lowest BCUT2D eigenvalue weighted by Crippen LogP contribution is -2.47. The van der Waals surface area contributed by atoms with Crippen molar-refractivity contribution in [3.05, 3.63) is 81.7 Å². The number of rotatable bonds is 8. The summed E-state index contributed by atoms with van der Waals surface area (Å²) in [6, 6.07) is 13.6. The third-order valence-electron chi connectivity index (χ3n) is 8.71. The highest BCUT2D eigenvalue weighted by atomic mass is 35.5. The Morgan fingerprint density at radius 1 is 0.939 bits per heavy atom. The number of benzene rings is 3. The van der Waals surface area contributed by atoms with Crippen molar-refractivity contribution in [2.75, 3.05) is 20.4 Å². The van der Waals surface area contributed by atoms with Crippen LogP contribution in [0.1, 0.15) is 61.7 Å². The van der Waals surface area contributed by atoms with Crippen molar-refractivity contribution in [2.45, 2.75) is 75.6 Å². The standard InChI is InChI=1S/C36H39ClF2N2O6S2/c1-36(2,3)47-35(43)40(4)24-10-12-25(13-11-24)41(34(42)33-31(37)30-27(38)16-17-28(39)32(30)48-33)20-23-19-22(9-18-29(23)46-5)21-7-14-26(15-8-21)49(6,44)45/h7-9,14-19,24-25H,10-13,20H2,1-6H3. The van der Waals surface area contributed by atoms with Crippen LogP contribution in [0.2, 0.25) is 5.02 Å². The van der Waals surface area contributed by atoms with Crippen LogP contribution in [0.4, 0.5) is 13.6 Å². The number of fused-ring (bicyclic) bond motifs is 1. The van der Waals surface area contributed by atoms with Gasteiger partial charge in [-0.15, -0.1) is 11.3 Å². The topological polar surface area (TPSA) is 93.2 Å². The molecule has 49 heavy (non-hydrogen) atoms. The lowest BCUT2D eigenvalue weighted by atomic mass is 9.89. The predicted octanol–water partition coefficient (Wildman–Crippen LogP) is 8.73. The van der Waals surface area contributed by atoms with E-state index < -0.39 is 39.1 Å². The minimum atomic E-state index is -3.38. The molecule has 0 radical (unpaired) electrons. The molecule has 1 aromatic heterocycles. The molecule has 0 N–H and O–H groups in total. The maximum Gasteiger partial charge on any atom is 0.410 e. The molecular weight excluding hydrogens is 694 g/mol. The highest BCUT2D eigenvalue weighted by Crippen LogP contribution is 2.41. The lowest BCUT2D eigenvalue weighted by Gasteiger charge is -2.40. The summed E-state index contributed by atoms with van der Waals surface area (Å²) in [5, 5.41) is -0.271. The van der Waals surface area contributed by atoms with E-state index in [9.17, 15) is 26.8 Å². The number of methoxy groups -OCH3 is 1. The molecule has 0 aliphatic heterocycles. The highest BCUT2D eigenvalue weighted by molar-refractivity contribution is 7.90. The summed E-state index contributed by atoms with van der Waals surface area (Å²) in [5.41, 5.74) is 1.56. The van der Waals surface area contributed by atoms with Crippen molar-refractivity contribution in [1.29, 1.82) is 0 Å². The molecule has 262 valence electrons. The fourth-order valence-corrected chi connectivity index (χ4v) is 8.27. The van der Waals surface area contributed by atoms with Crippen LogP contribution in [0.15, 0.2) is 59.5 Å². The third kappa shape index (κ3) is 8.02. The van der Waals surface area contributed by atoms with E-state index in [0.29, 0.717) is 37.0 Å². The van der Waals surface area contributed by atoms with E-state index in [0.717, 1.165) is 40.9 Å². The number of carbonyl (C=O) groups excluding carboxylic acids is 2. The van der Waals surface area contributed by atoms with Crippen molar-refractivity contribution >= 4 is 54.9 Å². The van der Waals surface area contributed by atoms with Gasteiger partial charge in [-0.05, 0) is 94.0 Å². The number of amides is 2. The van der Waals surface area contributed by atoms with Crippen LogP contribution in [0.5, 0.6) is 5.75 Å². The van der Waals surface area contributed by atoms with Crippen molar-refractivity contribution in [3.63, 3.8) is 0 Å². The molecule has 1 aliphatic rings. The Morgan fingerprint density at radius 2 is 1.53 bits per heavy atom. The van der Waals surface area contributed by atoms with Gasteiger partial charge >= 0.3 is 6.09 Å². The van der Waals surface area contributed by atoms with Crippen LogP contribution in [-0.4, -0.2) is 68.3 Å². The van der Waals surface area contributed by atoms with Crippen LogP contribution < -0.4 is 4.74 Å². The molecule has 5 rings (SSSR count). The summed E-state index contributed by atoms with van der Waals surface area (Å²) in [4.78, 5) is 30.7. The molecule has 0 spiro atoms. The summed E-state index contributed by atoms with van der Waals surface area (Å²) in [6.07, 6.45) is 3.01. The van der Waals surface area contributed by atoms with Crippen molar-refractivity contribution in [1.82, 2.24) is 9.80 Å². The number of thiophene rings is 1. The van der Waals surface area contributed by atoms with E-state index in [-0.39, 0.29) is 43.5 Å². The highest BCUT2D eigenvalue weighted by Gasteiger charge is 2.35. The summed E-state index contributed by atoms with van der Waals surface area (Å²) >= 11 is 7.42. The molecule has 0 atom stereocenters. The number of hydrogen-bond acceptors (Lipinski definition) is 7. The molecule has 0 unspecified atom stereocenters. The van der Waals surface area contributed by atoms with E-state index in [1.54, 1.807) is 47.2 Å². The summed E-state index contributed by atoms with van der Waals surface area (Å²) in [6.45, 7) is 5.52. The molecule has 1 saturated carbocycles. The van der Waals surface area contributed by atoms with E-state index in [1.165, 1.54) is 7.11 Å². The van der Waals surface area contributed by atoms with Crippen LogP contribution >= 0.6 is 22.9 Å². The quantitative estimate of drug-likeness (QED) is 0.180. The van der Waals surface area contributed by atoms with Gasteiger partial charge in [0.05, 0.1) is 27.1 Å². The van der Waals surface area contributed by atoms with Crippen molar-refractivity contribution in [3.8, 4) is 16.9 Å². The molecule has 2 amide bonds. The number of carbonyl (C=O) groups is 2. The first-order chi connectivity index (χ1) is 23.0. The van der Waals surface area contributed by atoms with Gasteiger partial charge in [0.15, 0.2) is 9.84 Å². The Hall–Kier alpha value is -3.74. The maximum absolute atomic E-state index is 14.8. The van der Waals surface area contributed by atoms with Crippen molar-refractivity contribution in [2.24, 2.45) is 0 Å². The van der Waals surface area contributed by atoms with Crippen LogP contribution in [0.25, 0.3) is 21.2 Å². The Labute approximate surface area is 294 Å². The second-order valence-corrected chi connectivity index (χ2v) is 16.7. The third-order valence-corrected chi connectivity index (χ3v) is 11.5. The Morgan fingerprint density at radius 3 is 2.10 bits per heavy atom. The van der Waals surface area contributed by atoms with Crippen LogP contribution in [0.3, 0.4) is 0 Å². The normalized spacial score (nSPS) is 16.8. The van der Waals surface area contributed by atoms with E-state index in [2.05, 4.69) is 0 Å². The second-order valence-electron chi connectivity index (χ2n) is 13.3. The smallest absolute Gasteiger partial charge is 0.410 e. The fourth-order valence-electron chi connectivity index (χ4n) is 6.13. The van der Waals surface area contributed by atoms with Gasteiger partial charge in [-0.2, -0.15) is 0 Å². The number of sulfone groups is 1. The summed E-state index contributed by atoms with van der Waals surface area (Å²) in [7, 11) is -0.141. The van der Waals surface area contributed by atoms with Gasteiger partial charge in [0.2, 0.25) is 0 Å². The van der Waals surface area contributed by atoms with Crippen LogP contribution in [0, 0.1) is 11.6 Å². The summed E-state index contributed by atoms with van der Waals surface area (Å²) < 4.78 is 64.8. The van der Waals surface area contributed by atoms with Gasteiger partial charge in [-0.3, -0.25) is 4.79 Å². The van der Waals surface area contributed by atoms with Crippen LogP contribution in [-0.2, 0) is 21.1 Å². The van der Waals surface area contributed by atoms with Gasteiger partial charge in [0, 0.05) is 37.5 Å². The zero-order valence-electron chi connectivity index (χ0n) is 28.2. The predicted molar refractivity (Wildman–Crippen MR) is 188 cm³/mol. The Balaban J connectivity index is 1.50. The van der Waals surface area contributed by atoms with Crippen molar-refractivity contribution < 1.29 is 36.3 Å². The summed E-state index contributed by atoms with van der Waals surface area (Å²) in [5.74, 6) is -1.34. The molecule has 13 heteroatoms. The number of hydrogen-bond donors (Lipinski definition) is 0. The largest absolute Gasteiger partial charge is 0.496 e. The molecule has 0 bridgehead atoms. The Kier molecular flexibility index (Phi) is 10.6. The molecule has 0 saturated heterocycles. The number of nitrogens with zero attached hydrogens (tertiary/aromatic N) is 2. The zero-order chi connectivity index (χ0) is 35.8. The zero-order valence-corrected chi connectivity index (χ0v) is 30.6. The van der Waals surface area contributed by atoms with Gasteiger partial charge in [-0.25, -0.2) is 22.0 Å². The number of halogens is 3. The first-order valence-electron chi connectivity index (χ1n) is 15.8. The molecule has 3 aromatic carbocycles. The van der Waals surface area contributed by atoms with Gasteiger partial charge in [0.25, 0.3) is 5.91 Å². The average molecular weight is 733 g/mol. The lowest BCUT2D eigenvalue weighted by molar-refractivity contribution is 0.0144. The van der Waals surface area contributed by atoms with Gasteiger partial charge in [-0.1, -0.05) is 29.8 Å². The second kappa shape index (κ2) is 14.2. The molecule has 1 heterocycles. The SMILES string of the molecule is COc1ccc(-c2ccc(S(C)(=O)=O)cc2)cc1CN(C(=O)c1sc2c(F)ccc(F)c2c1Cl)C1CCC(N(C)C(=O)OC(C)(C)C)CC1. The fraction of sp³-hybridized carbons (Fsp3) is 0.389. The average Bonchev–Trinajstić information content (AvgIpc) is 3.41. The molecule has 8 nitrogen and oxygen atoms in total. The first-order valence-corrected chi connectivity index (χ1v) is 18.9. The minimum absolute atomic E-state index is 0.0279. The van der Waals surface area contributed by atoms with Gasteiger partial charge in [0.1, 0.15) is 27.9 Å². The molecular formula is C36H39ClF2N2O6S2. The van der Waals surface area contributed by atoms with E-state index in [4.69, 9.17) is 21.1 Å². The van der Waals surface area contributed by atoms with E-state index in [1.807, 2.05) is 32.9 Å². The first kappa shape index (κ1) is 36.5. The molecule has 4 aromatic rings. The molecule has 1 aliphatic carbocycles. The minimum Gasteiger partial charge on any atom is -0.496 e. The van der Waals surface area contributed by atoms with E-state index >= 15 is 0 Å². The maximum atomic E-state index is 14.8. The monoisotopic (exact) mass is 732 g/mol. The van der Waals surface area contributed by atoms with Gasteiger partial charge < -0.3 is 19.3 Å². The molecule has 1 fully saturated rings. The number of ether oxygens (including phenoxy) is 2.